The summed E-state index contributed by atoms with van der Waals surface area (Å²) >= 11 is 0. The van der Waals surface area contributed by atoms with Crippen molar-refractivity contribution in [1.29, 1.82) is 0 Å². The van der Waals surface area contributed by atoms with Crippen molar-refractivity contribution in [3.8, 4) is 0 Å². The molecule has 5 heteroatoms. The first-order valence-corrected chi connectivity index (χ1v) is 7.79. The zero-order valence-corrected chi connectivity index (χ0v) is 13.1. The molecule has 116 valence electrons. The van der Waals surface area contributed by atoms with Gasteiger partial charge in [0.25, 0.3) is 5.56 Å². The Labute approximate surface area is 129 Å². The molecule has 0 unspecified atom stereocenters. The monoisotopic (exact) mass is 299 g/mol. The molecule has 0 aliphatic carbocycles. The van der Waals surface area contributed by atoms with Gasteiger partial charge in [-0.05, 0) is 37.3 Å². The van der Waals surface area contributed by atoms with Crippen molar-refractivity contribution in [2.75, 3.05) is 13.1 Å². The number of likely N-dealkylation sites (tertiary alicyclic amines) is 1. The lowest BCUT2D eigenvalue weighted by molar-refractivity contribution is -0.133. The Bertz CT molecular complexity index is 758. The van der Waals surface area contributed by atoms with Gasteiger partial charge in [-0.3, -0.25) is 14.2 Å². The number of amides is 1. The van der Waals surface area contributed by atoms with E-state index in [0.717, 1.165) is 31.5 Å². The molecule has 2 aromatic rings. The van der Waals surface area contributed by atoms with Gasteiger partial charge in [-0.25, -0.2) is 4.98 Å². The summed E-state index contributed by atoms with van der Waals surface area (Å²) in [6, 6.07) is 5.54. The summed E-state index contributed by atoms with van der Waals surface area (Å²) in [7, 11) is 0. The van der Waals surface area contributed by atoms with Gasteiger partial charge < -0.3 is 4.90 Å². The molecule has 0 bridgehead atoms. The van der Waals surface area contributed by atoms with Crippen LogP contribution >= 0.6 is 0 Å². The Morgan fingerprint density at radius 2 is 2.05 bits per heavy atom. The van der Waals surface area contributed by atoms with E-state index >= 15 is 0 Å². The Morgan fingerprint density at radius 1 is 1.32 bits per heavy atom. The number of nitrogens with zero attached hydrogens (tertiary/aromatic N) is 3. The van der Waals surface area contributed by atoms with Gasteiger partial charge in [0.05, 0.1) is 17.2 Å². The first-order valence-electron chi connectivity index (χ1n) is 7.79. The van der Waals surface area contributed by atoms with Crippen LogP contribution in [0.25, 0.3) is 10.9 Å². The van der Waals surface area contributed by atoms with Crippen LogP contribution in [0.15, 0.2) is 29.3 Å². The van der Waals surface area contributed by atoms with E-state index in [0.29, 0.717) is 16.8 Å². The number of hydrogen-bond acceptors (Lipinski definition) is 3. The Balaban J connectivity index is 1.84. The van der Waals surface area contributed by atoms with Gasteiger partial charge in [-0.2, -0.15) is 0 Å². The fraction of sp³-hybridized carbons (Fsp3) is 0.471. The average Bonchev–Trinajstić information content (AvgIpc) is 2.51. The van der Waals surface area contributed by atoms with Crippen LogP contribution in [-0.2, 0) is 11.3 Å². The van der Waals surface area contributed by atoms with Crippen LogP contribution in [0.5, 0.6) is 0 Å². The van der Waals surface area contributed by atoms with E-state index in [1.54, 1.807) is 6.07 Å². The largest absolute Gasteiger partial charge is 0.341 e. The number of benzene rings is 1. The summed E-state index contributed by atoms with van der Waals surface area (Å²) in [4.78, 5) is 31.1. The zero-order chi connectivity index (χ0) is 15.7. The molecule has 0 spiro atoms. The van der Waals surface area contributed by atoms with Gasteiger partial charge in [-0.15, -0.1) is 0 Å². The molecule has 3 rings (SSSR count). The van der Waals surface area contributed by atoms with Crippen molar-refractivity contribution in [2.45, 2.75) is 33.2 Å². The van der Waals surface area contributed by atoms with Crippen molar-refractivity contribution in [3.63, 3.8) is 0 Å². The standard InChI is InChI=1S/C17H21N3O2/c1-12-6-8-19(9-7-12)15(21)10-20-11-18-16-13(2)4-3-5-14(16)17(20)22/h3-5,11-12H,6-10H2,1-2H3. The number of hydrogen-bond donors (Lipinski definition) is 0. The zero-order valence-electron chi connectivity index (χ0n) is 13.1. The number of carbonyl (C=O) groups excluding carboxylic acids is 1. The lowest BCUT2D eigenvalue weighted by Crippen LogP contribution is -2.41. The number of piperidine rings is 1. The highest BCUT2D eigenvalue weighted by Gasteiger charge is 2.21. The number of para-hydroxylation sites is 1. The van der Waals surface area contributed by atoms with Crippen LogP contribution in [0.3, 0.4) is 0 Å². The smallest absolute Gasteiger partial charge is 0.261 e. The van der Waals surface area contributed by atoms with E-state index in [1.807, 2.05) is 24.0 Å². The van der Waals surface area contributed by atoms with Crippen molar-refractivity contribution in [1.82, 2.24) is 14.5 Å². The first kappa shape index (κ1) is 14.8. The Kier molecular flexibility index (Phi) is 3.96. The highest BCUT2D eigenvalue weighted by Crippen LogP contribution is 2.16. The topological polar surface area (TPSA) is 55.2 Å². The SMILES string of the molecule is Cc1cccc2c(=O)n(CC(=O)N3CCC(C)CC3)cnc12. The normalized spacial score (nSPS) is 16.2. The second-order valence-corrected chi connectivity index (χ2v) is 6.21. The van der Waals surface area contributed by atoms with E-state index in [4.69, 9.17) is 0 Å². The molecule has 22 heavy (non-hydrogen) atoms. The van der Waals surface area contributed by atoms with Crippen LogP contribution < -0.4 is 5.56 Å². The molecule has 1 aromatic carbocycles. The molecule has 1 amide bonds. The lowest BCUT2D eigenvalue weighted by Gasteiger charge is -2.30. The number of aromatic nitrogens is 2. The van der Waals surface area contributed by atoms with Crippen LogP contribution in [0.2, 0.25) is 0 Å². The third kappa shape index (κ3) is 2.75. The van der Waals surface area contributed by atoms with Crippen LogP contribution in [0.1, 0.15) is 25.3 Å². The maximum Gasteiger partial charge on any atom is 0.261 e. The molecule has 1 aliphatic heterocycles. The molecule has 1 aliphatic rings. The minimum Gasteiger partial charge on any atom is -0.341 e. The molecule has 1 saturated heterocycles. The molecular formula is C17H21N3O2. The van der Waals surface area contributed by atoms with E-state index in [1.165, 1.54) is 10.9 Å². The summed E-state index contributed by atoms with van der Waals surface area (Å²) in [5.41, 5.74) is 1.54. The number of aryl methyl sites for hydroxylation is 1. The van der Waals surface area contributed by atoms with Crippen molar-refractivity contribution < 1.29 is 4.79 Å². The Hall–Kier alpha value is -2.17. The molecule has 0 N–H and O–H groups in total. The maximum absolute atomic E-state index is 12.5. The predicted molar refractivity (Wildman–Crippen MR) is 85.7 cm³/mol. The minimum atomic E-state index is -0.146. The molecule has 1 aromatic heterocycles. The summed E-state index contributed by atoms with van der Waals surface area (Å²) in [6.45, 7) is 5.79. The van der Waals surface area contributed by atoms with Gasteiger partial charge in [0, 0.05) is 13.1 Å². The third-order valence-corrected chi connectivity index (χ3v) is 4.50. The fourth-order valence-corrected chi connectivity index (χ4v) is 2.95. The summed E-state index contributed by atoms with van der Waals surface area (Å²) in [6.07, 6.45) is 3.56. The molecule has 1 fully saturated rings. The highest BCUT2D eigenvalue weighted by atomic mass is 16.2. The van der Waals surface area contributed by atoms with Gasteiger partial charge in [0.15, 0.2) is 0 Å². The van der Waals surface area contributed by atoms with E-state index in [-0.39, 0.29) is 18.0 Å². The molecule has 5 nitrogen and oxygen atoms in total. The van der Waals surface area contributed by atoms with Crippen molar-refractivity contribution in [2.24, 2.45) is 5.92 Å². The van der Waals surface area contributed by atoms with Gasteiger partial charge in [-0.1, -0.05) is 19.1 Å². The summed E-state index contributed by atoms with van der Waals surface area (Å²) in [5, 5.41) is 0.572. The number of carbonyl (C=O) groups is 1. The quantitative estimate of drug-likeness (QED) is 0.852. The van der Waals surface area contributed by atoms with Crippen LogP contribution in [0, 0.1) is 12.8 Å². The highest BCUT2D eigenvalue weighted by molar-refractivity contribution is 5.81. The lowest BCUT2D eigenvalue weighted by atomic mass is 9.99. The van der Waals surface area contributed by atoms with Crippen molar-refractivity contribution >= 4 is 16.8 Å². The fourth-order valence-electron chi connectivity index (χ4n) is 2.95. The third-order valence-electron chi connectivity index (χ3n) is 4.50. The number of rotatable bonds is 2. The predicted octanol–water partition coefficient (Wildman–Crippen LogP) is 1.96. The van der Waals surface area contributed by atoms with E-state index < -0.39 is 0 Å². The Morgan fingerprint density at radius 3 is 2.77 bits per heavy atom. The second-order valence-electron chi connectivity index (χ2n) is 6.21. The van der Waals surface area contributed by atoms with Crippen LogP contribution in [-0.4, -0.2) is 33.4 Å². The molecule has 0 radical (unpaired) electrons. The summed E-state index contributed by atoms with van der Waals surface area (Å²) < 4.78 is 1.42. The van der Waals surface area contributed by atoms with E-state index in [9.17, 15) is 9.59 Å². The van der Waals surface area contributed by atoms with E-state index in [2.05, 4.69) is 11.9 Å². The van der Waals surface area contributed by atoms with Crippen molar-refractivity contribution in [3.05, 3.63) is 40.4 Å². The van der Waals surface area contributed by atoms with Gasteiger partial charge in [0.2, 0.25) is 5.91 Å². The average molecular weight is 299 g/mol. The molecular weight excluding hydrogens is 278 g/mol. The molecule has 2 heterocycles. The minimum absolute atomic E-state index is 0.00260. The first-order chi connectivity index (χ1) is 10.6. The van der Waals surface area contributed by atoms with Gasteiger partial charge in [0.1, 0.15) is 6.54 Å². The molecule has 0 saturated carbocycles. The van der Waals surface area contributed by atoms with Crippen LogP contribution in [0.4, 0.5) is 0 Å². The molecule has 0 atom stereocenters. The number of fused-ring (bicyclic) bond motifs is 1. The maximum atomic E-state index is 12.5. The van der Waals surface area contributed by atoms with Gasteiger partial charge >= 0.3 is 0 Å². The second kappa shape index (κ2) is 5.91. The summed E-state index contributed by atoms with van der Waals surface area (Å²) in [5.74, 6) is 0.680.